The summed E-state index contributed by atoms with van der Waals surface area (Å²) in [7, 11) is 0. The predicted molar refractivity (Wildman–Crippen MR) is 61.4 cm³/mol. The first-order chi connectivity index (χ1) is 7.77. The molecule has 1 saturated carbocycles. The van der Waals surface area contributed by atoms with Crippen LogP contribution in [0.2, 0.25) is 0 Å². The second-order valence-electron chi connectivity index (χ2n) is 4.29. The molecule has 2 rings (SSSR count). The van der Waals surface area contributed by atoms with Crippen molar-refractivity contribution in [2.45, 2.75) is 31.8 Å². The van der Waals surface area contributed by atoms with Crippen LogP contribution < -0.4 is 11.1 Å². The van der Waals surface area contributed by atoms with Gasteiger partial charge in [-0.05, 0) is 24.5 Å². The van der Waals surface area contributed by atoms with Crippen LogP contribution in [-0.2, 0) is 11.3 Å². The van der Waals surface area contributed by atoms with E-state index in [1.165, 1.54) is 0 Å². The molecule has 3 N–H and O–H groups in total. The Bertz CT molecular complexity index is 353. The minimum atomic E-state index is -0.179. The molecule has 1 heterocycles. The summed E-state index contributed by atoms with van der Waals surface area (Å²) >= 11 is 0. The molecule has 0 radical (unpaired) electrons. The first kappa shape index (κ1) is 11.1. The number of amides is 1. The third-order valence-corrected chi connectivity index (χ3v) is 3.17. The largest absolute Gasteiger partial charge is 0.369 e. The number of carbonyl (C=O) groups is 1. The van der Waals surface area contributed by atoms with Crippen molar-refractivity contribution in [1.29, 1.82) is 0 Å². The van der Waals surface area contributed by atoms with Gasteiger partial charge in [0.2, 0.25) is 5.91 Å². The van der Waals surface area contributed by atoms with E-state index in [1.54, 1.807) is 6.20 Å². The monoisotopic (exact) mass is 219 g/mol. The minimum Gasteiger partial charge on any atom is -0.369 e. The molecule has 2 atom stereocenters. The maximum atomic E-state index is 11.2. The van der Waals surface area contributed by atoms with Crippen molar-refractivity contribution >= 4 is 5.91 Å². The molecule has 1 aromatic rings. The van der Waals surface area contributed by atoms with Gasteiger partial charge in [-0.25, -0.2) is 0 Å². The summed E-state index contributed by atoms with van der Waals surface area (Å²) in [6.45, 7) is 0.752. The summed E-state index contributed by atoms with van der Waals surface area (Å²) in [5, 5.41) is 3.39. The number of aromatic nitrogens is 1. The average molecular weight is 219 g/mol. The Hall–Kier alpha value is -1.42. The number of pyridine rings is 1. The van der Waals surface area contributed by atoms with E-state index >= 15 is 0 Å². The summed E-state index contributed by atoms with van der Waals surface area (Å²) in [5.41, 5.74) is 6.50. The zero-order chi connectivity index (χ0) is 11.4. The van der Waals surface area contributed by atoms with Gasteiger partial charge in [0.1, 0.15) is 0 Å². The van der Waals surface area contributed by atoms with Crippen molar-refractivity contribution in [2.75, 3.05) is 0 Å². The minimum absolute atomic E-state index is 0.00308. The van der Waals surface area contributed by atoms with Gasteiger partial charge < -0.3 is 11.1 Å². The summed E-state index contributed by atoms with van der Waals surface area (Å²) in [4.78, 5) is 15.2. The number of hydrogen-bond donors (Lipinski definition) is 2. The predicted octanol–water partition coefficient (Wildman–Crippen LogP) is 0.825. The molecule has 4 heteroatoms. The summed E-state index contributed by atoms with van der Waals surface area (Å²) < 4.78 is 0. The van der Waals surface area contributed by atoms with Gasteiger partial charge in [0.25, 0.3) is 0 Å². The van der Waals surface area contributed by atoms with Crippen LogP contribution in [0.4, 0.5) is 0 Å². The number of rotatable bonds is 4. The Labute approximate surface area is 95.3 Å². The highest BCUT2D eigenvalue weighted by atomic mass is 16.1. The molecular formula is C12H17N3O. The van der Waals surface area contributed by atoms with Gasteiger partial charge in [0, 0.05) is 25.0 Å². The van der Waals surface area contributed by atoms with Crippen molar-refractivity contribution in [2.24, 2.45) is 11.7 Å². The van der Waals surface area contributed by atoms with Crippen LogP contribution in [0, 0.1) is 5.92 Å². The lowest BCUT2D eigenvalue weighted by Gasteiger charge is -2.18. The molecule has 0 spiro atoms. The Balaban J connectivity index is 1.88. The van der Waals surface area contributed by atoms with Gasteiger partial charge in [-0.15, -0.1) is 0 Å². The second kappa shape index (κ2) is 5.07. The molecule has 0 aromatic carbocycles. The van der Waals surface area contributed by atoms with E-state index in [-0.39, 0.29) is 17.9 Å². The Kier molecular flexibility index (Phi) is 3.51. The SMILES string of the molecule is NC(=O)C1CCCC1NCc1cccnc1. The number of carbonyl (C=O) groups excluding carboxylic acids is 1. The van der Waals surface area contributed by atoms with Crippen molar-refractivity contribution in [3.05, 3.63) is 30.1 Å². The highest BCUT2D eigenvalue weighted by Crippen LogP contribution is 2.25. The summed E-state index contributed by atoms with van der Waals surface area (Å²) in [6, 6.07) is 4.17. The van der Waals surface area contributed by atoms with Crippen LogP contribution in [0.3, 0.4) is 0 Å². The fraction of sp³-hybridized carbons (Fsp3) is 0.500. The van der Waals surface area contributed by atoms with Crippen LogP contribution in [0.5, 0.6) is 0 Å². The number of hydrogen-bond acceptors (Lipinski definition) is 3. The van der Waals surface area contributed by atoms with Crippen LogP contribution >= 0.6 is 0 Å². The van der Waals surface area contributed by atoms with Crippen molar-refractivity contribution in [1.82, 2.24) is 10.3 Å². The van der Waals surface area contributed by atoms with Gasteiger partial charge in [-0.2, -0.15) is 0 Å². The topological polar surface area (TPSA) is 68.0 Å². The second-order valence-corrected chi connectivity index (χ2v) is 4.29. The van der Waals surface area contributed by atoms with Gasteiger partial charge >= 0.3 is 0 Å². The summed E-state index contributed by atoms with van der Waals surface area (Å²) in [5.74, 6) is -0.183. The van der Waals surface area contributed by atoms with E-state index in [9.17, 15) is 4.79 Å². The molecule has 0 aliphatic heterocycles. The number of nitrogens with two attached hydrogens (primary N) is 1. The fourth-order valence-electron chi connectivity index (χ4n) is 2.30. The van der Waals surface area contributed by atoms with Gasteiger partial charge in [-0.3, -0.25) is 9.78 Å². The number of nitrogens with one attached hydrogen (secondary N) is 1. The average Bonchev–Trinajstić information content (AvgIpc) is 2.76. The first-order valence-corrected chi connectivity index (χ1v) is 5.69. The van der Waals surface area contributed by atoms with Crippen molar-refractivity contribution < 1.29 is 4.79 Å². The van der Waals surface area contributed by atoms with Gasteiger partial charge in [0.05, 0.1) is 5.92 Å². The molecule has 4 nitrogen and oxygen atoms in total. The molecule has 1 amide bonds. The molecule has 1 aromatic heterocycles. The highest BCUT2D eigenvalue weighted by Gasteiger charge is 2.30. The standard InChI is InChI=1S/C12H17N3O/c13-12(16)10-4-1-5-11(10)15-8-9-3-2-6-14-7-9/h2-3,6-7,10-11,15H,1,4-5,8H2,(H2,13,16). The third-order valence-electron chi connectivity index (χ3n) is 3.17. The van der Waals surface area contributed by atoms with E-state index in [1.807, 2.05) is 18.3 Å². The molecule has 1 aliphatic rings. The Morgan fingerprint density at radius 3 is 3.12 bits per heavy atom. The van der Waals surface area contributed by atoms with Gasteiger partial charge in [0.15, 0.2) is 0 Å². The molecule has 2 unspecified atom stereocenters. The quantitative estimate of drug-likeness (QED) is 0.788. The Morgan fingerprint density at radius 2 is 2.44 bits per heavy atom. The third kappa shape index (κ3) is 2.58. The van der Waals surface area contributed by atoms with Crippen LogP contribution in [0.15, 0.2) is 24.5 Å². The lowest BCUT2D eigenvalue weighted by Crippen LogP contribution is -2.38. The normalized spacial score (nSPS) is 24.5. The van der Waals surface area contributed by atoms with Crippen LogP contribution in [0.25, 0.3) is 0 Å². The Morgan fingerprint density at radius 1 is 1.56 bits per heavy atom. The zero-order valence-corrected chi connectivity index (χ0v) is 9.23. The van der Waals surface area contributed by atoms with E-state index in [4.69, 9.17) is 5.73 Å². The van der Waals surface area contributed by atoms with E-state index in [0.717, 1.165) is 31.4 Å². The smallest absolute Gasteiger partial charge is 0.222 e. The number of primary amides is 1. The summed E-state index contributed by atoms with van der Waals surface area (Å²) in [6.07, 6.45) is 6.62. The maximum Gasteiger partial charge on any atom is 0.222 e. The maximum absolute atomic E-state index is 11.2. The first-order valence-electron chi connectivity index (χ1n) is 5.69. The van der Waals surface area contributed by atoms with E-state index < -0.39 is 0 Å². The van der Waals surface area contributed by atoms with Gasteiger partial charge in [-0.1, -0.05) is 12.5 Å². The van der Waals surface area contributed by atoms with Crippen LogP contribution in [0.1, 0.15) is 24.8 Å². The molecule has 1 aliphatic carbocycles. The lowest BCUT2D eigenvalue weighted by molar-refractivity contribution is -0.122. The van der Waals surface area contributed by atoms with Crippen molar-refractivity contribution in [3.8, 4) is 0 Å². The van der Waals surface area contributed by atoms with E-state index in [2.05, 4.69) is 10.3 Å². The fourth-order valence-corrected chi connectivity index (χ4v) is 2.30. The number of nitrogens with zero attached hydrogens (tertiary/aromatic N) is 1. The molecule has 16 heavy (non-hydrogen) atoms. The molecular weight excluding hydrogens is 202 g/mol. The lowest BCUT2D eigenvalue weighted by atomic mass is 10.0. The molecule has 1 fully saturated rings. The van der Waals surface area contributed by atoms with Crippen molar-refractivity contribution in [3.63, 3.8) is 0 Å². The van der Waals surface area contributed by atoms with E-state index in [0.29, 0.717) is 0 Å². The molecule has 0 bridgehead atoms. The molecule has 86 valence electrons. The highest BCUT2D eigenvalue weighted by molar-refractivity contribution is 5.77. The zero-order valence-electron chi connectivity index (χ0n) is 9.23. The molecule has 0 saturated heterocycles. The van der Waals surface area contributed by atoms with Crippen LogP contribution in [-0.4, -0.2) is 16.9 Å².